The summed E-state index contributed by atoms with van der Waals surface area (Å²) in [7, 11) is 0. The maximum atomic E-state index is 13.5. The highest BCUT2D eigenvalue weighted by Crippen LogP contribution is 2.23. The van der Waals surface area contributed by atoms with Crippen molar-refractivity contribution < 1.29 is 32.7 Å². The third-order valence-corrected chi connectivity index (χ3v) is 3.81. The summed E-state index contributed by atoms with van der Waals surface area (Å²) in [5.41, 5.74) is 0.669. The highest BCUT2D eigenvalue weighted by Gasteiger charge is 2.17. The second-order valence-corrected chi connectivity index (χ2v) is 5.98. The number of nitrogens with zero attached hydrogens (tertiary/aromatic N) is 1. The van der Waals surface area contributed by atoms with Gasteiger partial charge in [0.05, 0.1) is 11.0 Å². The van der Waals surface area contributed by atoms with Crippen LogP contribution >= 0.6 is 0 Å². The Morgan fingerprint density at radius 2 is 1.96 bits per heavy atom. The minimum Gasteiger partial charge on any atom is -0.488 e. The minimum atomic E-state index is -1.68. The van der Waals surface area contributed by atoms with Gasteiger partial charge in [0.1, 0.15) is 6.61 Å². The third kappa shape index (κ3) is 5.43. The number of rotatable bonds is 8. The van der Waals surface area contributed by atoms with Crippen LogP contribution in [0, 0.1) is 34.5 Å². The minimum absolute atomic E-state index is 0.0386. The van der Waals surface area contributed by atoms with E-state index in [0.29, 0.717) is 17.3 Å². The Kier molecular flexibility index (Phi) is 6.94. The highest BCUT2D eigenvalue weighted by atomic mass is 19.2. The van der Waals surface area contributed by atoms with Gasteiger partial charge >= 0.3 is 0 Å². The Labute approximate surface area is 157 Å². The average Bonchev–Trinajstić information content (AvgIpc) is 2.63. The van der Waals surface area contributed by atoms with Crippen molar-refractivity contribution in [3.05, 3.63) is 63.5 Å². The molecule has 0 aliphatic heterocycles. The fourth-order valence-electron chi connectivity index (χ4n) is 2.35. The molecule has 2 aromatic rings. The van der Waals surface area contributed by atoms with E-state index in [1.54, 1.807) is 0 Å². The fourth-order valence-corrected chi connectivity index (χ4v) is 2.35. The maximum Gasteiger partial charge on any atom is 0.272 e. The Bertz CT molecular complexity index is 892. The zero-order valence-corrected chi connectivity index (χ0v) is 14.7. The number of nitrogens with one attached hydrogen (secondary N) is 1. The largest absolute Gasteiger partial charge is 0.488 e. The Balaban J connectivity index is 1.82. The normalized spacial score (nSPS) is 11.8. The predicted molar refractivity (Wildman–Crippen MR) is 93.5 cm³/mol. The Morgan fingerprint density at radius 3 is 2.61 bits per heavy atom. The van der Waals surface area contributed by atoms with Crippen LogP contribution in [0.1, 0.15) is 18.4 Å². The number of aliphatic hydroxyl groups excluding tert-OH is 1. The van der Waals surface area contributed by atoms with Gasteiger partial charge in [0.15, 0.2) is 17.4 Å². The molecule has 0 aliphatic carbocycles. The summed E-state index contributed by atoms with van der Waals surface area (Å²) in [6, 6.07) is 5.68. The van der Waals surface area contributed by atoms with Gasteiger partial charge in [-0.3, -0.25) is 14.9 Å². The predicted octanol–water partition coefficient (Wildman–Crippen LogP) is 3.48. The molecule has 0 radical (unpaired) electrons. The molecular formula is C18H17F3N2O5. The smallest absolute Gasteiger partial charge is 0.272 e. The van der Waals surface area contributed by atoms with Gasteiger partial charge in [0.25, 0.3) is 5.69 Å². The van der Waals surface area contributed by atoms with Crippen molar-refractivity contribution in [1.82, 2.24) is 0 Å². The number of amides is 1. The summed E-state index contributed by atoms with van der Waals surface area (Å²) < 4.78 is 44.3. The number of aryl methyl sites for hydroxylation is 1. The second kappa shape index (κ2) is 9.18. The Hall–Kier alpha value is -3.14. The Morgan fingerprint density at radius 1 is 1.25 bits per heavy atom. The summed E-state index contributed by atoms with van der Waals surface area (Å²) in [5, 5.41) is 23.1. The molecule has 0 aromatic heterocycles. The standard InChI is InChI=1S/C18H17F3N2O5/c1-10-8-11(2-5-14(10)23(26)27)22-16(25)7-3-12(24)9-28-15-6-4-13(19)17(20)18(15)21/h2,4-6,8,12,24H,3,7,9H2,1H3,(H,22,25)/t12-/m0/s1. The molecule has 0 unspecified atom stereocenters. The van der Waals surface area contributed by atoms with Crippen LogP contribution in [0.3, 0.4) is 0 Å². The van der Waals surface area contributed by atoms with Crippen molar-refractivity contribution in [2.75, 3.05) is 11.9 Å². The van der Waals surface area contributed by atoms with E-state index in [0.717, 1.165) is 6.07 Å². The first-order valence-corrected chi connectivity index (χ1v) is 8.18. The van der Waals surface area contributed by atoms with E-state index >= 15 is 0 Å². The first-order chi connectivity index (χ1) is 13.2. The van der Waals surface area contributed by atoms with E-state index in [4.69, 9.17) is 4.74 Å². The van der Waals surface area contributed by atoms with E-state index in [2.05, 4.69) is 5.32 Å². The molecule has 0 bridgehead atoms. The van der Waals surface area contributed by atoms with Crippen LogP contribution in [-0.2, 0) is 4.79 Å². The molecule has 0 fully saturated rings. The van der Waals surface area contributed by atoms with Gasteiger partial charge in [-0.15, -0.1) is 0 Å². The van der Waals surface area contributed by atoms with Crippen molar-refractivity contribution in [3.8, 4) is 5.75 Å². The van der Waals surface area contributed by atoms with E-state index < -0.39 is 46.7 Å². The van der Waals surface area contributed by atoms with Crippen molar-refractivity contribution in [2.24, 2.45) is 0 Å². The van der Waals surface area contributed by atoms with Crippen LogP contribution in [0.25, 0.3) is 0 Å². The van der Waals surface area contributed by atoms with Gasteiger partial charge in [0, 0.05) is 23.7 Å². The van der Waals surface area contributed by atoms with Gasteiger partial charge in [-0.05, 0) is 37.6 Å². The third-order valence-electron chi connectivity index (χ3n) is 3.81. The number of anilines is 1. The van der Waals surface area contributed by atoms with Crippen LogP contribution in [0.15, 0.2) is 30.3 Å². The van der Waals surface area contributed by atoms with Crippen LogP contribution in [0.2, 0.25) is 0 Å². The summed E-state index contributed by atoms with van der Waals surface area (Å²) in [6.07, 6.45) is -1.30. The number of halogens is 3. The lowest BCUT2D eigenvalue weighted by atomic mass is 10.1. The van der Waals surface area contributed by atoms with Gasteiger partial charge in [-0.2, -0.15) is 4.39 Å². The lowest BCUT2D eigenvalue weighted by Crippen LogP contribution is -2.21. The summed E-state index contributed by atoms with van der Waals surface area (Å²) in [6.45, 7) is 1.11. The van der Waals surface area contributed by atoms with Crippen molar-refractivity contribution in [2.45, 2.75) is 25.9 Å². The fraction of sp³-hybridized carbons (Fsp3) is 0.278. The molecule has 2 aromatic carbocycles. The molecule has 0 saturated carbocycles. The molecule has 0 saturated heterocycles. The number of ether oxygens (including phenoxy) is 1. The number of carbonyl (C=O) groups excluding carboxylic acids is 1. The SMILES string of the molecule is Cc1cc(NC(=O)CC[C@H](O)COc2ccc(F)c(F)c2F)ccc1[N+](=O)[O-]. The van der Waals surface area contributed by atoms with E-state index in [1.165, 1.54) is 25.1 Å². The number of hydrogen-bond donors (Lipinski definition) is 2. The highest BCUT2D eigenvalue weighted by molar-refractivity contribution is 5.90. The molecule has 28 heavy (non-hydrogen) atoms. The van der Waals surface area contributed by atoms with Crippen molar-refractivity contribution >= 4 is 17.3 Å². The molecule has 2 N–H and O–H groups in total. The van der Waals surface area contributed by atoms with Crippen LogP contribution in [0.5, 0.6) is 5.75 Å². The maximum absolute atomic E-state index is 13.5. The molecule has 0 heterocycles. The van der Waals surface area contributed by atoms with Crippen LogP contribution in [-0.4, -0.2) is 28.6 Å². The molecule has 2 rings (SSSR count). The first-order valence-electron chi connectivity index (χ1n) is 8.18. The number of benzene rings is 2. The second-order valence-electron chi connectivity index (χ2n) is 5.98. The lowest BCUT2D eigenvalue weighted by Gasteiger charge is -2.13. The summed E-state index contributed by atoms with van der Waals surface area (Å²) >= 11 is 0. The lowest BCUT2D eigenvalue weighted by molar-refractivity contribution is -0.385. The van der Waals surface area contributed by atoms with Crippen LogP contribution in [0.4, 0.5) is 24.5 Å². The molecule has 1 atom stereocenters. The molecular weight excluding hydrogens is 381 g/mol. The number of carbonyl (C=O) groups is 1. The summed E-state index contributed by atoms with van der Waals surface area (Å²) in [5.74, 6) is -5.54. The molecule has 150 valence electrons. The van der Waals surface area contributed by atoms with Crippen molar-refractivity contribution in [1.29, 1.82) is 0 Å². The van der Waals surface area contributed by atoms with Gasteiger partial charge in [0.2, 0.25) is 11.7 Å². The molecule has 10 heteroatoms. The molecule has 0 spiro atoms. The molecule has 1 amide bonds. The first kappa shape index (κ1) is 21.2. The number of aliphatic hydroxyl groups is 1. The monoisotopic (exact) mass is 398 g/mol. The number of nitro groups is 1. The quantitative estimate of drug-likeness (QED) is 0.403. The van der Waals surface area contributed by atoms with Gasteiger partial charge in [-0.25, -0.2) is 8.78 Å². The average molecular weight is 398 g/mol. The van der Waals surface area contributed by atoms with E-state index in [9.17, 15) is 33.2 Å². The molecule has 0 aliphatic rings. The zero-order valence-electron chi connectivity index (χ0n) is 14.7. The van der Waals surface area contributed by atoms with Gasteiger partial charge < -0.3 is 15.2 Å². The van der Waals surface area contributed by atoms with E-state index in [1.807, 2.05) is 0 Å². The summed E-state index contributed by atoms with van der Waals surface area (Å²) in [4.78, 5) is 22.1. The molecule has 7 nitrogen and oxygen atoms in total. The topological polar surface area (TPSA) is 102 Å². The zero-order chi connectivity index (χ0) is 20.8. The van der Waals surface area contributed by atoms with Crippen molar-refractivity contribution in [3.63, 3.8) is 0 Å². The van der Waals surface area contributed by atoms with E-state index in [-0.39, 0.29) is 18.5 Å². The van der Waals surface area contributed by atoms with Crippen LogP contribution < -0.4 is 10.1 Å². The number of nitro benzene ring substituents is 1. The van der Waals surface area contributed by atoms with Gasteiger partial charge in [-0.1, -0.05) is 0 Å². The number of hydrogen-bond acceptors (Lipinski definition) is 5.